The van der Waals surface area contributed by atoms with Gasteiger partial charge in [-0.25, -0.2) is 8.42 Å². The second-order valence-corrected chi connectivity index (χ2v) is 8.61. The number of nitrogens with one attached hydrogen (secondary N) is 1. The molecule has 2 saturated heterocycles. The van der Waals surface area contributed by atoms with Gasteiger partial charge in [-0.05, 0) is 43.9 Å². The zero-order valence-corrected chi connectivity index (χ0v) is 13.2. The third-order valence-corrected chi connectivity index (χ3v) is 6.33. The van der Waals surface area contributed by atoms with Crippen molar-refractivity contribution in [2.45, 2.75) is 25.3 Å². The summed E-state index contributed by atoms with van der Waals surface area (Å²) >= 11 is 0. The van der Waals surface area contributed by atoms with Crippen molar-refractivity contribution in [1.29, 1.82) is 0 Å². The van der Waals surface area contributed by atoms with Gasteiger partial charge in [0.2, 0.25) is 0 Å². The van der Waals surface area contributed by atoms with E-state index in [0.29, 0.717) is 23.5 Å². The number of hydrogen-bond donors (Lipinski definition) is 1. The van der Waals surface area contributed by atoms with Crippen LogP contribution in [0.25, 0.3) is 0 Å². The summed E-state index contributed by atoms with van der Waals surface area (Å²) in [5.41, 5.74) is 1.17. The molecule has 2 aliphatic heterocycles. The summed E-state index contributed by atoms with van der Waals surface area (Å²) in [6.07, 6.45) is 3.22. The molecular weight excluding hydrogens is 284 g/mol. The maximum Gasteiger partial charge on any atom is 0.150 e. The summed E-state index contributed by atoms with van der Waals surface area (Å²) in [5.74, 6) is 1.11. The van der Waals surface area contributed by atoms with Crippen molar-refractivity contribution in [1.82, 2.24) is 4.90 Å². The summed E-state index contributed by atoms with van der Waals surface area (Å²) in [7, 11) is -2.75. The van der Waals surface area contributed by atoms with Crippen molar-refractivity contribution in [3.8, 4) is 0 Å². The Balaban J connectivity index is 1.52. The van der Waals surface area contributed by atoms with E-state index in [1.165, 1.54) is 18.5 Å². The van der Waals surface area contributed by atoms with Gasteiger partial charge in [0.1, 0.15) is 0 Å². The van der Waals surface area contributed by atoms with E-state index in [9.17, 15) is 8.42 Å². The molecule has 21 heavy (non-hydrogen) atoms. The number of hydrogen-bond acceptors (Lipinski definition) is 4. The molecule has 2 atom stereocenters. The van der Waals surface area contributed by atoms with Gasteiger partial charge in [0, 0.05) is 24.8 Å². The Morgan fingerprint density at radius 3 is 2.71 bits per heavy atom. The summed E-state index contributed by atoms with van der Waals surface area (Å²) in [6.45, 7) is 3.06. The van der Waals surface area contributed by atoms with Crippen LogP contribution in [0.15, 0.2) is 30.3 Å². The van der Waals surface area contributed by atoms with Gasteiger partial charge >= 0.3 is 0 Å². The van der Waals surface area contributed by atoms with Crippen LogP contribution in [0.5, 0.6) is 0 Å². The minimum atomic E-state index is -2.75. The van der Waals surface area contributed by atoms with Gasteiger partial charge in [-0.3, -0.25) is 0 Å². The number of benzene rings is 1. The topological polar surface area (TPSA) is 49.4 Å². The first kappa shape index (κ1) is 14.9. The normalized spacial score (nSPS) is 29.3. The Morgan fingerprint density at radius 2 is 2.00 bits per heavy atom. The summed E-state index contributed by atoms with van der Waals surface area (Å²) < 4.78 is 23.1. The first-order valence-electron chi connectivity index (χ1n) is 7.85. The van der Waals surface area contributed by atoms with Crippen LogP contribution in [-0.4, -0.2) is 50.5 Å². The minimum absolute atomic E-state index is 0.338. The van der Waals surface area contributed by atoms with E-state index in [0.717, 1.165) is 26.1 Å². The van der Waals surface area contributed by atoms with Crippen LogP contribution in [0.3, 0.4) is 0 Å². The Labute approximate surface area is 127 Å². The molecule has 1 aromatic rings. The molecule has 0 amide bonds. The highest BCUT2D eigenvalue weighted by atomic mass is 32.2. The molecular formula is C16H24N2O2S. The molecule has 0 radical (unpaired) electrons. The average Bonchev–Trinajstić information content (AvgIpc) is 2.79. The van der Waals surface area contributed by atoms with E-state index in [1.54, 1.807) is 0 Å². The Morgan fingerprint density at radius 1 is 1.19 bits per heavy atom. The third kappa shape index (κ3) is 4.20. The van der Waals surface area contributed by atoms with Crippen LogP contribution < -0.4 is 5.32 Å². The van der Waals surface area contributed by atoms with Gasteiger partial charge in [-0.15, -0.1) is 0 Å². The molecule has 0 unspecified atom stereocenters. The van der Waals surface area contributed by atoms with E-state index in [2.05, 4.69) is 22.3 Å². The summed E-state index contributed by atoms with van der Waals surface area (Å²) in [4.78, 5) is 2.44. The SMILES string of the molecule is O=S1(=O)CC[C@H](CN2CCC[C@H](Nc3ccccc3)C2)C1. The van der Waals surface area contributed by atoms with Gasteiger partial charge < -0.3 is 10.2 Å². The maximum absolute atomic E-state index is 11.6. The van der Waals surface area contributed by atoms with Crippen molar-refractivity contribution >= 4 is 15.5 Å². The van der Waals surface area contributed by atoms with Gasteiger partial charge in [0.05, 0.1) is 11.5 Å². The van der Waals surface area contributed by atoms with Crippen molar-refractivity contribution in [3.63, 3.8) is 0 Å². The molecule has 0 aliphatic carbocycles. The lowest BCUT2D eigenvalue weighted by atomic mass is 10.0. The van der Waals surface area contributed by atoms with Gasteiger partial charge in [0.15, 0.2) is 9.84 Å². The molecule has 116 valence electrons. The van der Waals surface area contributed by atoms with E-state index in [4.69, 9.17) is 0 Å². The fourth-order valence-corrected chi connectivity index (χ4v) is 5.34. The molecule has 1 aromatic carbocycles. The number of anilines is 1. The molecule has 4 nitrogen and oxygen atoms in total. The van der Waals surface area contributed by atoms with Crippen molar-refractivity contribution in [2.75, 3.05) is 36.5 Å². The number of rotatable bonds is 4. The average molecular weight is 308 g/mol. The van der Waals surface area contributed by atoms with Gasteiger partial charge in [0.25, 0.3) is 0 Å². The highest BCUT2D eigenvalue weighted by Gasteiger charge is 2.30. The quantitative estimate of drug-likeness (QED) is 0.924. The van der Waals surface area contributed by atoms with Gasteiger partial charge in [-0.1, -0.05) is 18.2 Å². The first-order chi connectivity index (χ1) is 10.1. The molecule has 0 bridgehead atoms. The molecule has 5 heteroatoms. The van der Waals surface area contributed by atoms with Crippen LogP contribution >= 0.6 is 0 Å². The third-order valence-electron chi connectivity index (χ3n) is 4.49. The molecule has 0 spiro atoms. The van der Waals surface area contributed by atoms with Crippen LogP contribution in [0.2, 0.25) is 0 Å². The Hall–Kier alpha value is -1.07. The molecule has 2 heterocycles. The van der Waals surface area contributed by atoms with Crippen molar-refractivity contribution < 1.29 is 8.42 Å². The van der Waals surface area contributed by atoms with Crippen molar-refractivity contribution in [3.05, 3.63) is 30.3 Å². The minimum Gasteiger partial charge on any atom is -0.381 e. The monoisotopic (exact) mass is 308 g/mol. The van der Waals surface area contributed by atoms with E-state index in [1.807, 2.05) is 18.2 Å². The molecule has 0 aromatic heterocycles. The number of nitrogens with zero attached hydrogens (tertiary/aromatic N) is 1. The zero-order valence-electron chi connectivity index (χ0n) is 12.4. The maximum atomic E-state index is 11.6. The number of likely N-dealkylation sites (tertiary alicyclic amines) is 1. The Kier molecular flexibility index (Phi) is 4.50. The number of para-hydroxylation sites is 1. The van der Waals surface area contributed by atoms with Crippen molar-refractivity contribution in [2.24, 2.45) is 5.92 Å². The van der Waals surface area contributed by atoms with E-state index in [-0.39, 0.29) is 0 Å². The highest BCUT2D eigenvalue weighted by molar-refractivity contribution is 7.91. The fourth-order valence-electron chi connectivity index (χ4n) is 3.49. The fraction of sp³-hybridized carbons (Fsp3) is 0.625. The molecule has 2 aliphatic rings. The summed E-state index contributed by atoms with van der Waals surface area (Å²) in [6, 6.07) is 10.8. The van der Waals surface area contributed by atoms with E-state index >= 15 is 0 Å². The number of sulfone groups is 1. The zero-order chi connectivity index (χ0) is 14.7. The second-order valence-electron chi connectivity index (χ2n) is 6.38. The molecule has 3 rings (SSSR count). The standard InChI is InChI=1S/C16H24N2O2S/c19-21(20)10-8-14(13-21)11-18-9-4-7-16(12-18)17-15-5-2-1-3-6-15/h1-3,5-6,14,16-17H,4,7-13H2/t14-,16+/m1/s1. The Bertz CT molecular complexity index is 559. The number of piperidine rings is 1. The van der Waals surface area contributed by atoms with Crippen LogP contribution in [0.1, 0.15) is 19.3 Å². The molecule has 0 saturated carbocycles. The van der Waals surface area contributed by atoms with Crippen LogP contribution in [0.4, 0.5) is 5.69 Å². The lowest BCUT2D eigenvalue weighted by Gasteiger charge is -2.35. The predicted octanol–water partition coefficient (Wildman–Crippen LogP) is 2.00. The summed E-state index contributed by atoms with van der Waals surface area (Å²) in [5, 5.41) is 3.59. The molecule has 1 N–H and O–H groups in total. The van der Waals surface area contributed by atoms with E-state index < -0.39 is 9.84 Å². The lowest BCUT2D eigenvalue weighted by Crippen LogP contribution is -2.44. The first-order valence-corrected chi connectivity index (χ1v) is 9.67. The van der Waals surface area contributed by atoms with Gasteiger partial charge in [-0.2, -0.15) is 0 Å². The smallest absolute Gasteiger partial charge is 0.150 e. The largest absolute Gasteiger partial charge is 0.381 e. The lowest BCUT2D eigenvalue weighted by molar-refractivity contribution is 0.192. The highest BCUT2D eigenvalue weighted by Crippen LogP contribution is 2.22. The van der Waals surface area contributed by atoms with Crippen LogP contribution in [-0.2, 0) is 9.84 Å². The second kappa shape index (κ2) is 6.36. The predicted molar refractivity (Wildman–Crippen MR) is 86.3 cm³/mol. The molecule has 2 fully saturated rings. The van der Waals surface area contributed by atoms with Crippen LogP contribution in [0, 0.1) is 5.92 Å².